The van der Waals surface area contributed by atoms with Crippen molar-refractivity contribution in [3.05, 3.63) is 0 Å². The predicted molar refractivity (Wildman–Crippen MR) is 194 cm³/mol. The molecular weight excluding hydrogens is 882 g/mol. The fourth-order valence-electron chi connectivity index (χ4n) is 8.04. The molecule has 26 atom stereocenters. The van der Waals surface area contributed by atoms with Crippen LogP contribution in [0.1, 0.15) is 20.3 Å². The molecule has 29 heteroatoms. The van der Waals surface area contributed by atoms with Gasteiger partial charge in [-0.05, 0) is 6.92 Å². The lowest BCUT2D eigenvalue weighted by Crippen LogP contribution is -2.71. The highest BCUT2D eigenvalue weighted by Gasteiger charge is 2.61. The van der Waals surface area contributed by atoms with Gasteiger partial charge in [-0.3, -0.25) is 4.79 Å². The van der Waals surface area contributed by atoms with Gasteiger partial charge in [0.15, 0.2) is 25.2 Å². The minimum Gasteiger partial charge on any atom is -0.477 e. The lowest BCUT2D eigenvalue weighted by atomic mass is 9.90. The molecule has 0 aromatic heterocycles. The molecule has 64 heavy (non-hydrogen) atoms. The van der Waals surface area contributed by atoms with E-state index in [9.17, 15) is 96.4 Å². The van der Waals surface area contributed by atoms with Crippen LogP contribution in [0.2, 0.25) is 0 Å². The van der Waals surface area contributed by atoms with Crippen molar-refractivity contribution in [2.24, 2.45) is 0 Å². The lowest BCUT2D eigenvalue weighted by molar-refractivity contribution is -0.398. The second-order valence-corrected chi connectivity index (χ2v) is 16.1. The zero-order valence-electron chi connectivity index (χ0n) is 34.1. The summed E-state index contributed by atoms with van der Waals surface area (Å²) < 4.78 is 51.2. The first-order valence-electron chi connectivity index (χ1n) is 20.1. The van der Waals surface area contributed by atoms with Crippen LogP contribution in [0, 0.1) is 0 Å². The maximum atomic E-state index is 12.8. The first kappa shape index (κ1) is 52.9. The number of carbonyl (C=O) groups is 2. The van der Waals surface area contributed by atoms with Crippen molar-refractivity contribution in [3.8, 4) is 0 Å². The number of aliphatic hydroxyl groups is 16. The second-order valence-electron chi connectivity index (χ2n) is 16.1. The van der Waals surface area contributed by atoms with Crippen LogP contribution in [0.25, 0.3) is 0 Å². The number of carboxylic acid groups (broad SMARTS) is 1. The van der Waals surface area contributed by atoms with Crippen LogP contribution in [0.5, 0.6) is 0 Å². The minimum atomic E-state index is -3.19. The summed E-state index contributed by atoms with van der Waals surface area (Å²) in [5.74, 6) is -6.16. The van der Waals surface area contributed by atoms with Crippen molar-refractivity contribution in [2.45, 2.75) is 179 Å². The molecule has 0 aromatic carbocycles. The lowest BCUT2D eigenvalue weighted by Gasteiger charge is -2.52. The van der Waals surface area contributed by atoms with Crippen LogP contribution in [-0.4, -0.2) is 284 Å². The maximum absolute atomic E-state index is 12.8. The van der Waals surface area contributed by atoms with Crippen LogP contribution in [0.15, 0.2) is 0 Å². The van der Waals surface area contributed by atoms with Gasteiger partial charge in [0.1, 0.15) is 116 Å². The molecule has 0 aromatic rings. The SMILES string of the molecule is CC(=O)N[C@H]1[C@H](O[C@@H]2[C@@H](O)[C@H](O)O[C@H](CO)[C@@H]2O)O[C@H](CO)[C@@H](O[C@@H]2O[C@H](CO)[C@H](O)[C@H](O[C@]3(C(=O)O)C[C@H](O)[C@@H](O)[C@H]([C@H](O)[C@H](O)CO)O3)[C@H]2O)[C@@H]1O[C@@H]1O[C@@H](C)[C@@H](O)[C@@H](O)[C@@H]1O. The number of carbonyl (C=O) groups excluding carboxylic acids is 1. The second kappa shape index (κ2) is 21.9. The fourth-order valence-corrected chi connectivity index (χ4v) is 8.04. The van der Waals surface area contributed by atoms with Gasteiger partial charge in [-0.2, -0.15) is 0 Å². The number of hydrogen-bond donors (Lipinski definition) is 18. The summed E-state index contributed by atoms with van der Waals surface area (Å²) in [5.41, 5.74) is 0. The fraction of sp³-hybridized carbons (Fsp3) is 0.943. The molecule has 5 aliphatic heterocycles. The van der Waals surface area contributed by atoms with Crippen molar-refractivity contribution in [2.75, 3.05) is 26.4 Å². The van der Waals surface area contributed by atoms with E-state index in [1.54, 1.807) is 0 Å². The number of rotatable bonds is 16. The molecule has 0 spiro atoms. The van der Waals surface area contributed by atoms with E-state index in [4.69, 9.17) is 42.6 Å². The Morgan fingerprint density at radius 1 is 0.641 bits per heavy atom. The van der Waals surface area contributed by atoms with Crippen molar-refractivity contribution in [3.63, 3.8) is 0 Å². The highest BCUT2D eigenvalue weighted by molar-refractivity contribution is 5.76. The minimum absolute atomic E-state index is 0.883. The first-order valence-corrected chi connectivity index (χ1v) is 20.1. The van der Waals surface area contributed by atoms with E-state index >= 15 is 0 Å². The molecule has 0 unspecified atom stereocenters. The third kappa shape index (κ3) is 10.8. The standard InChI is InChI=1S/C35H59NO28/c1-8-16(44)21(49)22(50)32(56-8)61-26-15(36-9(2)41)31(62-27-19(47)12(5-38)57-30(53)23(27)51)59-14(7-40)25(26)60-33-24(52)29(20(48)13(6-39)58-33)64-35(34(54)55)3-10(42)17(45)28(63-35)18(46)11(43)4-37/h8,10-33,37-40,42-53H,3-7H2,1-2H3,(H,36,41)(H,54,55)/t8-,10-,11+,12+,13+,14+,15+,16+,17+,18+,19-,20-,21+,22-,23+,24+,25+,26+,27-,28+,29-,30+,31-,32-,33-,35-/m0/s1. The highest BCUT2D eigenvalue weighted by atomic mass is 16.8. The van der Waals surface area contributed by atoms with Gasteiger partial charge < -0.3 is 135 Å². The summed E-state index contributed by atoms with van der Waals surface area (Å²) in [5, 5.41) is 181. The van der Waals surface area contributed by atoms with E-state index in [1.807, 2.05) is 0 Å². The van der Waals surface area contributed by atoms with Crippen molar-refractivity contribution >= 4 is 11.9 Å². The van der Waals surface area contributed by atoms with Crippen molar-refractivity contribution < 1.29 is 139 Å². The van der Waals surface area contributed by atoms with Gasteiger partial charge in [-0.1, -0.05) is 0 Å². The average molecular weight is 942 g/mol. The highest BCUT2D eigenvalue weighted by Crippen LogP contribution is 2.40. The Balaban J connectivity index is 1.54. The predicted octanol–water partition coefficient (Wildman–Crippen LogP) is -11.5. The van der Waals surface area contributed by atoms with E-state index in [-0.39, 0.29) is 0 Å². The molecule has 29 nitrogen and oxygen atoms in total. The Kier molecular flexibility index (Phi) is 18.1. The summed E-state index contributed by atoms with van der Waals surface area (Å²) in [7, 11) is 0. The Morgan fingerprint density at radius 2 is 1.19 bits per heavy atom. The number of aliphatic carboxylic acids is 1. The molecule has 0 aliphatic carbocycles. The zero-order valence-corrected chi connectivity index (χ0v) is 34.1. The van der Waals surface area contributed by atoms with E-state index < -0.39 is 204 Å². The largest absolute Gasteiger partial charge is 0.477 e. The smallest absolute Gasteiger partial charge is 0.364 e. The van der Waals surface area contributed by atoms with Gasteiger partial charge in [0.25, 0.3) is 5.79 Å². The summed E-state index contributed by atoms with van der Waals surface area (Å²) in [6.07, 6.45) is -48.9. The van der Waals surface area contributed by atoms with Crippen LogP contribution < -0.4 is 5.32 Å². The molecule has 372 valence electrons. The normalized spacial score (nSPS) is 48.9. The summed E-state index contributed by atoms with van der Waals surface area (Å²) >= 11 is 0. The summed E-state index contributed by atoms with van der Waals surface area (Å²) in [4.78, 5) is 25.6. The van der Waals surface area contributed by atoms with Crippen molar-refractivity contribution in [1.29, 1.82) is 0 Å². The van der Waals surface area contributed by atoms with Crippen molar-refractivity contribution in [1.82, 2.24) is 5.32 Å². The van der Waals surface area contributed by atoms with E-state index in [2.05, 4.69) is 5.32 Å². The summed E-state index contributed by atoms with van der Waals surface area (Å²) in [6.45, 7) is -1.99. The van der Waals surface area contributed by atoms with Crippen LogP contribution in [-0.2, 0) is 52.2 Å². The third-order valence-electron chi connectivity index (χ3n) is 11.6. The van der Waals surface area contributed by atoms with Gasteiger partial charge in [0, 0.05) is 13.3 Å². The number of nitrogens with one attached hydrogen (secondary N) is 1. The van der Waals surface area contributed by atoms with Crippen LogP contribution >= 0.6 is 0 Å². The van der Waals surface area contributed by atoms with Crippen LogP contribution in [0.3, 0.4) is 0 Å². The molecule has 0 saturated carbocycles. The molecule has 5 rings (SSSR count). The monoisotopic (exact) mass is 941 g/mol. The van der Waals surface area contributed by atoms with Gasteiger partial charge in [-0.25, -0.2) is 4.79 Å². The van der Waals surface area contributed by atoms with Gasteiger partial charge in [0.2, 0.25) is 5.91 Å². The topological polar surface area (TPSA) is 473 Å². The number of aliphatic hydroxyl groups excluding tert-OH is 16. The molecule has 5 aliphatic rings. The molecule has 1 amide bonds. The Labute approximate surface area is 362 Å². The van der Waals surface area contributed by atoms with Gasteiger partial charge in [-0.15, -0.1) is 0 Å². The maximum Gasteiger partial charge on any atom is 0.364 e. The van der Waals surface area contributed by atoms with E-state index in [0.29, 0.717) is 0 Å². The third-order valence-corrected chi connectivity index (χ3v) is 11.6. The van der Waals surface area contributed by atoms with E-state index in [0.717, 1.165) is 6.92 Å². The van der Waals surface area contributed by atoms with Crippen LogP contribution in [0.4, 0.5) is 0 Å². The molecule has 0 bridgehead atoms. The Hall–Kier alpha value is -2.06. The zero-order chi connectivity index (χ0) is 47.7. The number of amides is 1. The molecule has 0 radical (unpaired) electrons. The molecule has 5 fully saturated rings. The molecule has 5 saturated heterocycles. The Morgan fingerprint density at radius 3 is 1.77 bits per heavy atom. The molecular formula is C35H59NO28. The molecule has 18 N–H and O–H groups in total. The summed E-state index contributed by atoms with van der Waals surface area (Å²) in [6, 6.07) is -1.81. The first-order chi connectivity index (χ1) is 30.0. The average Bonchev–Trinajstić information content (AvgIpc) is 3.25. The molecule has 5 heterocycles. The number of ether oxygens (including phenoxy) is 9. The quantitative estimate of drug-likeness (QED) is 0.0683. The van der Waals surface area contributed by atoms with Gasteiger partial charge in [0.05, 0.1) is 38.6 Å². The number of carboxylic acids is 1. The number of hydrogen-bond acceptors (Lipinski definition) is 27. The van der Waals surface area contributed by atoms with Gasteiger partial charge >= 0.3 is 5.97 Å². The Bertz CT molecular complexity index is 1520. The van der Waals surface area contributed by atoms with E-state index in [1.165, 1.54) is 6.92 Å².